The Labute approximate surface area is 115 Å². The summed E-state index contributed by atoms with van der Waals surface area (Å²) >= 11 is 0. The predicted molar refractivity (Wildman–Crippen MR) is 72.9 cm³/mol. The van der Waals surface area contributed by atoms with E-state index in [0.717, 1.165) is 6.42 Å². The number of hydrogen-bond acceptors (Lipinski definition) is 5. The van der Waals surface area contributed by atoms with E-state index in [1.165, 1.54) is 25.0 Å². The summed E-state index contributed by atoms with van der Waals surface area (Å²) in [6.45, 7) is 0. The highest BCUT2D eigenvalue weighted by Crippen LogP contribution is 2.35. The minimum atomic E-state index is -0.478. The first-order valence-corrected chi connectivity index (χ1v) is 6.70. The topological polar surface area (TPSA) is 96.3 Å². The van der Waals surface area contributed by atoms with Crippen LogP contribution in [0.4, 0.5) is 11.4 Å². The summed E-state index contributed by atoms with van der Waals surface area (Å²) in [7, 11) is 0. The van der Waals surface area contributed by atoms with Crippen LogP contribution in [0.25, 0.3) is 0 Å². The van der Waals surface area contributed by atoms with Crippen molar-refractivity contribution in [3.05, 3.63) is 34.4 Å². The standard InChI is InChI=1S/C13H16N4O3/c18-13(12-7-11(15-16-12)8-4-5-8)14-9-2-1-3-10(6-9)17(19)20/h1-3,6,8,11-12,15-16H,4-5,7H2,(H,14,18). The molecule has 1 saturated heterocycles. The molecule has 1 aromatic carbocycles. The minimum Gasteiger partial charge on any atom is -0.324 e. The molecule has 7 nitrogen and oxygen atoms in total. The molecular weight excluding hydrogens is 260 g/mol. The normalized spacial score (nSPS) is 25.4. The second kappa shape index (κ2) is 5.18. The van der Waals surface area contributed by atoms with Gasteiger partial charge in [0.1, 0.15) is 6.04 Å². The number of carbonyl (C=O) groups excluding carboxylic acids is 1. The molecule has 1 saturated carbocycles. The van der Waals surface area contributed by atoms with Crippen molar-refractivity contribution in [2.45, 2.75) is 31.3 Å². The zero-order chi connectivity index (χ0) is 14.1. The summed E-state index contributed by atoms with van der Waals surface area (Å²) in [4.78, 5) is 22.3. The maximum atomic E-state index is 12.1. The Bertz CT molecular complexity index is 544. The Morgan fingerprint density at radius 1 is 1.35 bits per heavy atom. The number of carbonyl (C=O) groups is 1. The van der Waals surface area contributed by atoms with Crippen LogP contribution in [0.1, 0.15) is 19.3 Å². The number of nitro groups is 1. The van der Waals surface area contributed by atoms with Crippen molar-refractivity contribution in [2.24, 2.45) is 5.92 Å². The van der Waals surface area contributed by atoms with Crippen LogP contribution in [-0.2, 0) is 4.79 Å². The Kier molecular flexibility index (Phi) is 3.37. The van der Waals surface area contributed by atoms with E-state index in [2.05, 4.69) is 16.2 Å². The molecule has 2 fully saturated rings. The number of hydrazine groups is 1. The summed E-state index contributed by atoms with van der Waals surface area (Å²) in [6.07, 6.45) is 3.20. The fourth-order valence-corrected chi connectivity index (χ4v) is 2.49. The van der Waals surface area contributed by atoms with Crippen molar-refractivity contribution < 1.29 is 9.72 Å². The third-order valence-electron chi connectivity index (χ3n) is 3.76. The van der Waals surface area contributed by atoms with Gasteiger partial charge in [-0.3, -0.25) is 20.3 Å². The Morgan fingerprint density at radius 2 is 2.15 bits per heavy atom. The maximum Gasteiger partial charge on any atom is 0.271 e. The molecule has 20 heavy (non-hydrogen) atoms. The van der Waals surface area contributed by atoms with E-state index < -0.39 is 4.92 Å². The molecule has 3 rings (SSSR count). The largest absolute Gasteiger partial charge is 0.324 e. The smallest absolute Gasteiger partial charge is 0.271 e. The number of hydrogen-bond donors (Lipinski definition) is 3. The highest BCUT2D eigenvalue weighted by Gasteiger charge is 2.38. The fourth-order valence-electron chi connectivity index (χ4n) is 2.49. The summed E-state index contributed by atoms with van der Waals surface area (Å²) in [6, 6.07) is 6.02. The van der Waals surface area contributed by atoms with Gasteiger partial charge in [-0.2, -0.15) is 0 Å². The average molecular weight is 276 g/mol. The number of nitrogens with zero attached hydrogens (tertiary/aromatic N) is 1. The second-order valence-corrected chi connectivity index (χ2v) is 5.32. The van der Waals surface area contributed by atoms with E-state index >= 15 is 0 Å². The highest BCUT2D eigenvalue weighted by atomic mass is 16.6. The van der Waals surface area contributed by atoms with Crippen LogP contribution in [0.5, 0.6) is 0 Å². The van der Waals surface area contributed by atoms with Crippen molar-refractivity contribution in [2.75, 3.05) is 5.32 Å². The molecular formula is C13H16N4O3. The van der Waals surface area contributed by atoms with Gasteiger partial charge in [-0.1, -0.05) is 6.07 Å². The molecule has 106 valence electrons. The number of anilines is 1. The van der Waals surface area contributed by atoms with Gasteiger partial charge < -0.3 is 5.32 Å². The maximum absolute atomic E-state index is 12.1. The van der Waals surface area contributed by atoms with Gasteiger partial charge in [0.2, 0.25) is 5.91 Å². The van der Waals surface area contributed by atoms with Crippen LogP contribution in [0, 0.1) is 16.0 Å². The Hall–Kier alpha value is -1.99. The fraction of sp³-hybridized carbons (Fsp3) is 0.462. The van der Waals surface area contributed by atoms with Gasteiger partial charge in [0.05, 0.1) is 4.92 Å². The minimum absolute atomic E-state index is 0.0313. The molecule has 0 aromatic heterocycles. The molecule has 2 atom stereocenters. The summed E-state index contributed by atoms with van der Waals surface area (Å²) in [5.74, 6) is 0.513. The Morgan fingerprint density at radius 3 is 2.85 bits per heavy atom. The van der Waals surface area contributed by atoms with Crippen molar-refractivity contribution in [3.63, 3.8) is 0 Å². The molecule has 2 aliphatic rings. The zero-order valence-corrected chi connectivity index (χ0v) is 10.8. The SMILES string of the molecule is O=C(Nc1cccc([N+](=O)[O-])c1)C1CC(C2CC2)NN1. The first kappa shape index (κ1) is 13.0. The molecule has 1 heterocycles. The predicted octanol–water partition coefficient (Wildman–Crippen LogP) is 1.18. The van der Waals surface area contributed by atoms with Crippen LogP contribution < -0.4 is 16.2 Å². The molecule has 7 heteroatoms. The van der Waals surface area contributed by atoms with E-state index in [0.29, 0.717) is 17.6 Å². The third kappa shape index (κ3) is 2.78. The molecule has 1 aliphatic carbocycles. The molecule has 2 unspecified atom stereocenters. The van der Waals surface area contributed by atoms with Gasteiger partial charge in [-0.05, 0) is 31.2 Å². The molecule has 0 radical (unpaired) electrons. The zero-order valence-electron chi connectivity index (χ0n) is 10.8. The Balaban J connectivity index is 1.61. The van der Waals surface area contributed by atoms with Crippen molar-refractivity contribution in [1.82, 2.24) is 10.9 Å². The van der Waals surface area contributed by atoms with Crippen LogP contribution in [0.15, 0.2) is 24.3 Å². The van der Waals surface area contributed by atoms with E-state index in [-0.39, 0.29) is 17.6 Å². The summed E-state index contributed by atoms with van der Waals surface area (Å²) in [5, 5.41) is 13.4. The quantitative estimate of drug-likeness (QED) is 0.567. The molecule has 3 N–H and O–H groups in total. The number of amides is 1. The van der Waals surface area contributed by atoms with Crippen LogP contribution in [0.3, 0.4) is 0 Å². The number of benzene rings is 1. The van der Waals surface area contributed by atoms with Crippen molar-refractivity contribution in [1.29, 1.82) is 0 Å². The van der Waals surface area contributed by atoms with E-state index in [4.69, 9.17) is 0 Å². The summed E-state index contributed by atoms with van der Waals surface area (Å²) < 4.78 is 0. The lowest BCUT2D eigenvalue weighted by atomic mass is 10.1. The van der Waals surface area contributed by atoms with Gasteiger partial charge in [-0.15, -0.1) is 0 Å². The van der Waals surface area contributed by atoms with Crippen LogP contribution >= 0.6 is 0 Å². The second-order valence-electron chi connectivity index (χ2n) is 5.32. The highest BCUT2D eigenvalue weighted by molar-refractivity contribution is 5.95. The van der Waals surface area contributed by atoms with Crippen LogP contribution in [-0.4, -0.2) is 22.9 Å². The molecule has 1 aliphatic heterocycles. The number of nitrogens with one attached hydrogen (secondary N) is 3. The first-order chi connectivity index (χ1) is 9.63. The van der Waals surface area contributed by atoms with Gasteiger partial charge >= 0.3 is 0 Å². The van der Waals surface area contributed by atoms with Crippen LogP contribution in [0.2, 0.25) is 0 Å². The third-order valence-corrected chi connectivity index (χ3v) is 3.76. The lowest BCUT2D eigenvalue weighted by Gasteiger charge is -2.10. The van der Waals surface area contributed by atoms with Gasteiger partial charge in [-0.25, -0.2) is 5.43 Å². The summed E-state index contributed by atoms with van der Waals surface area (Å²) in [5.41, 5.74) is 6.55. The number of rotatable bonds is 4. The van der Waals surface area contributed by atoms with Gasteiger partial charge in [0.15, 0.2) is 0 Å². The lowest BCUT2D eigenvalue weighted by molar-refractivity contribution is -0.384. The van der Waals surface area contributed by atoms with E-state index in [9.17, 15) is 14.9 Å². The van der Waals surface area contributed by atoms with Gasteiger partial charge in [0, 0.05) is 23.9 Å². The first-order valence-electron chi connectivity index (χ1n) is 6.70. The molecule has 1 aromatic rings. The van der Waals surface area contributed by atoms with E-state index in [1.807, 2.05) is 0 Å². The average Bonchev–Trinajstić information content (AvgIpc) is 3.16. The van der Waals surface area contributed by atoms with E-state index in [1.54, 1.807) is 12.1 Å². The lowest BCUT2D eigenvalue weighted by Crippen LogP contribution is -2.40. The molecule has 0 bridgehead atoms. The van der Waals surface area contributed by atoms with Gasteiger partial charge in [0.25, 0.3) is 5.69 Å². The number of non-ortho nitro benzene ring substituents is 1. The monoisotopic (exact) mass is 276 g/mol. The van der Waals surface area contributed by atoms with Crippen molar-refractivity contribution >= 4 is 17.3 Å². The molecule has 0 spiro atoms. The van der Waals surface area contributed by atoms with Crippen molar-refractivity contribution in [3.8, 4) is 0 Å². The number of nitro benzene ring substituents is 1. The molecule has 1 amide bonds.